The first kappa shape index (κ1) is 17.1. The summed E-state index contributed by atoms with van der Waals surface area (Å²) in [5.41, 5.74) is 3.20. The molecule has 0 radical (unpaired) electrons. The van der Waals surface area contributed by atoms with Crippen molar-refractivity contribution in [1.82, 2.24) is 15.2 Å². The van der Waals surface area contributed by atoms with Gasteiger partial charge in [-0.3, -0.25) is 14.6 Å². The molecule has 1 N–H and O–H groups in total. The van der Waals surface area contributed by atoms with E-state index < -0.39 is 0 Å². The Morgan fingerprint density at radius 1 is 1.08 bits per heavy atom. The molecule has 1 fully saturated rings. The molecular weight excluding hydrogens is 314 g/mol. The topological polar surface area (TPSA) is 62.3 Å². The number of amides is 2. The highest BCUT2D eigenvalue weighted by Crippen LogP contribution is 2.15. The van der Waals surface area contributed by atoms with Gasteiger partial charge in [-0.25, -0.2) is 0 Å². The highest BCUT2D eigenvalue weighted by atomic mass is 16.2. The van der Waals surface area contributed by atoms with Crippen LogP contribution in [0, 0.1) is 13.8 Å². The van der Waals surface area contributed by atoms with Crippen molar-refractivity contribution in [2.45, 2.75) is 32.7 Å². The van der Waals surface area contributed by atoms with E-state index in [-0.39, 0.29) is 17.9 Å². The number of aryl methyl sites for hydroxylation is 2. The number of rotatable bonds is 3. The van der Waals surface area contributed by atoms with Crippen LogP contribution >= 0.6 is 0 Å². The first-order chi connectivity index (χ1) is 12.0. The molecule has 2 heterocycles. The van der Waals surface area contributed by atoms with E-state index in [1.165, 1.54) is 0 Å². The first-order valence-electron chi connectivity index (χ1n) is 8.63. The Bertz CT molecular complexity index is 763. The normalized spacial score (nSPS) is 15.0. The summed E-state index contributed by atoms with van der Waals surface area (Å²) < 4.78 is 0. The zero-order valence-corrected chi connectivity index (χ0v) is 14.7. The summed E-state index contributed by atoms with van der Waals surface area (Å²) in [4.78, 5) is 30.9. The summed E-state index contributed by atoms with van der Waals surface area (Å²) in [5.74, 6) is -0.0261. The van der Waals surface area contributed by atoms with E-state index in [1.54, 1.807) is 18.3 Å². The molecule has 0 bridgehead atoms. The Morgan fingerprint density at radius 3 is 2.40 bits per heavy atom. The monoisotopic (exact) mass is 337 g/mol. The summed E-state index contributed by atoms with van der Waals surface area (Å²) in [6.45, 7) is 5.15. The van der Waals surface area contributed by atoms with Crippen LogP contribution in [0.3, 0.4) is 0 Å². The summed E-state index contributed by atoms with van der Waals surface area (Å²) in [7, 11) is 0. The zero-order valence-electron chi connectivity index (χ0n) is 14.7. The third-order valence-corrected chi connectivity index (χ3v) is 4.67. The van der Waals surface area contributed by atoms with Gasteiger partial charge in [-0.15, -0.1) is 0 Å². The van der Waals surface area contributed by atoms with Gasteiger partial charge in [-0.1, -0.05) is 17.7 Å². The van der Waals surface area contributed by atoms with Crippen LogP contribution in [0.2, 0.25) is 0 Å². The van der Waals surface area contributed by atoms with E-state index in [2.05, 4.69) is 10.3 Å². The van der Waals surface area contributed by atoms with Crippen molar-refractivity contribution in [3.8, 4) is 0 Å². The van der Waals surface area contributed by atoms with Gasteiger partial charge in [0.1, 0.15) is 0 Å². The minimum absolute atomic E-state index is 0.0629. The van der Waals surface area contributed by atoms with Gasteiger partial charge < -0.3 is 10.2 Å². The van der Waals surface area contributed by atoms with Crippen LogP contribution in [0.25, 0.3) is 0 Å². The highest BCUT2D eigenvalue weighted by Gasteiger charge is 2.25. The molecule has 2 aromatic rings. The minimum atomic E-state index is -0.0890. The van der Waals surface area contributed by atoms with E-state index in [0.717, 1.165) is 29.7 Å². The minimum Gasteiger partial charge on any atom is -0.349 e. The largest absolute Gasteiger partial charge is 0.349 e. The quantitative estimate of drug-likeness (QED) is 0.937. The van der Waals surface area contributed by atoms with Crippen LogP contribution in [0.15, 0.2) is 42.6 Å². The Balaban J connectivity index is 1.55. The maximum Gasteiger partial charge on any atom is 0.253 e. The van der Waals surface area contributed by atoms with Crippen LogP contribution in [0.1, 0.15) is 44.8 Å². The van der Waals surface area contributed by atoms with Crippen molar-refractivity contribution < 1.29 is 9.59 Å². The Morgan fingerprint density at radius 2 is 1.76 bits per heavy atom. The van der Waals surface area contributed by atoms with Crippen LogP contribution in [-0.2, 0) is 0 Å². The number of pyridine rings is 1. The maximum atomic E-state index is 12.5. The number of benzene rings is 1. The molecule has 0 saturated carbocycles. The van der Waals surface area contributed by atoms with E-state index in [1.807, 2.05) is 43.0 Å². The molecule has 1 aromatic carbocycles. The second kappa shape index (κ2) is 7.47. The molecule has 1 aliphatic heterocycles. The number of carbonyl (C=O) groups is 2. The van der Waals surface area contributed by atoms with Crippen molar-refractivity contribution in [3.05, 3.63) is 65.0 Å². The maximum absolute atomic E-state index is 12.5. The number of nitrogens with zero attached hydrogens (tertiary/aromatic N) is 2. The van der Waals surface area contributed by atoms with Crippen molar-refractivity contribution in [2.75, 3.05) is 13.1 Å². The number of aromatic nitrogens is 1. The third-order valence-electron chi connectivity index (χ3n) is 4.67. The second-order valence-corrected chi connectivity index (χ2v) is 6.54. The highest BCUT2D eigenvalue weighted by molar-refractivity contribution is 5.95. The van der Waals surface area contributed by atoms with Gasteiger partial charge in [-0.05, 0) is 51.0 Å². The molecule has 1 saturated heterocycles. The SMILES string of the molecule is Cc1ccc(C(=O)N2CCC(NC(=O)c3cccnc3C)CC2)cc1. The Hall–Kier alpha value is -2.69. The molecule has 2 amide bonds. The average molecular weight is 337 g/mol. The van der Waals surface area contributed by atoms with Crippen LogP contribution in [0.5, 0.6) is 0 Å². The molecule has 0 atom stereocenters. The van der Waals surface area contributed by atoms with Gasteiger partial charge in [0.15, 0.2) is 0 Å². The molecule has 5 nitrogen and oxygen atoms in total. The molecule has 0 aliphatic carbocycles. The molecule has 130 valence electrons. The van der Waals surface area contributed by atoms with Gasteiger partial charge in [0.05, 0.1) is 5.56 Å². The molecule has 5 heteroatoms. The smallest absolute Gasteiger partial charge is 0.253 e. The van der Waals surface area contributed by atoms with Crippen LogP contribution in [0.4, 0.5) is 0 Å². The lowest BCUT2D eigenvalue weighted by Crippen LogP contribution is -2.46. The number of hydrogen-bond donors (Lipinski definition) is 1. The van der Waals surface area contributed by atoms with Crippen molar-refractivity contribution in [3.63, 3.8) is 0 Å². The van der Waals surface area contributed by atoms with E-state index in [0.29, 0.717) is 18.7 Å². The van der Waals surface area contributed by atoms with Crippen molar-refractivity contribution in [1.29, 1.82) is 0 Å². The molecule has 0 unspecified atom stereocenters. The summed E-state index contributed by atoms with van der Waals surface area (Å²) in [6, 6.07) is 11.3. The Kier molecular flexibility index (Phi) is 5.12. The molecule has 0 spiro atoms. The van der Waals surface area contributed by atoms with E-state index in [4.69, 9.17) is 0 Å². The second-order valence-electron chi connectivity index (χ2n) is 6.54. The summed E-state index contributed by atoms with van der Waals surface area (Å²) in [5, 5.41) is 3.07. The number of piperidine rings is 1. The zero-order chi connectivity index (χ0) is 17.8. The fourth-order valence-electron chi connectivity index (χ4n) is 3.09. The molecule has 1 aliphatic rings. The number of hydrogen-bond acceptors (Lipinski definition) is 3. The molecule has 3 rings (SSSR count). The fraction of sp³-hybridized carbons (Fsp3) is 0.350. The van der Waals surface area contributed by atoms with Gasteiger partial charge >= 0.3 is 0 Å². The predicted molar refractivity (Wildman–Crippen MR) is 96.5 cm³/mol. The fourth-order valence-corrected chi connectivity index (χ4v) is 3.09. The number of carbonyl (C=O) groups excluding carboxylic acids is 2. The Labute approximate surface area is 148 Å². The molecule has 1 aromatic heterocycles. The van der Waals surface area contributed by atoms with Gasteiger partial charge in [0, 0.05) is 36.6 Å². The van der Waals surface area contributed by atoms with Gasteiger partial charge in [-0.2, -0.15) is 0 Å². The van der Waals surface area contributed by atoms with Crippen molar-refractivity contribution >= 4 is 11.8 Å². The molecular formula is C20H23N3O2. The standard InChI is InChI=1S/C20H23N3O2/c1-14-5-7-16(8-6-14)20(25)23-12-9-17(10-13-23)22-19(24)18-4-3-11-21-15(18)2/h3-8,11,17H,9-10,12-13H2,1-2H3,(H,22,24). The summed E-state index contributed by atoms with van der Waals surface area (Å²) >= 11 is 0. The lowest BCUT2D eigenvalue weighted by molar-refractivity contribution is 0.0698. The van der Waals surface area contributed by atoms with E-state index >= 15 is 0 Å². The molecule has 25 heavy (non-hydrogen) atoms. The van der Waals surface area contributed by atoms with Crippen LogP contribution in [-0.4, -0.2) is 40.8 Å². The lowest BCUT2D eigenvalue weighted by Gasteiger charge is -2.32. The number of likely N-dealkylation sites (tertiary alicyclic amines) is 1. The number of nitrogens with one attached hydrogen (secondary N) is 1. The van der Waals surface area contributed by atoms with Crippen molar-refractivity contribution in [2.24, 2.45) is 0 Å². The van der Waals surface area contributed by atoms with Gasteiger partial charge in [0.25, 0.3) is 11.8 Å². The van der Waals surface area contributed by atoms with E-state index in [9.17, 15) is 9.59 Å². The average Bonchev–Trinajstić information content (AvgIpc) is 2.63. The lowest BCUT2D eigenvalue weighted by atomic mass is 10.0. The predicted octanol–water partition coefficient (Wildman–Crippen LogP) is 2.73. The summed E-state index contributed by atoms with van der Waals surface area (Å²) in [6.07, 6.45) is 3.21. The first-order valence-corrected chi connectivity index (χ1v) is 8.63. The van der Waals surface area contributed by atoms with Crippen LogP contribution < -0.4 is 5.32 Å². The van der Waals surface area contributed by atoms with Gasteiger partial charge in [0.2, 0.25) is 0 Å². The third kappa shape index (κ3) is 4.05.